The largest absolute Gasteiger partial charge is 0.387 e. The van der Waals surface area contributed by atoms with Crippen molar-refractivity contribution in [2.24, 2.45) is 0 Å². The number of ether oxygens (including phenoxy) is 3. The molecule has 2 rings (SSSR count). The normalized spacial score (nSPS) is 48.7. The molecule has 2 aliphatic heterocycles. The van der Waals surface area contributed by atoms with E-state index < -0.39 is 11.7 Å². The molecule has 2 fully saturated rings. The first-order valence-corrected chi connectivity index (χ1v) is 4.71. The van der Waals surface area contributed by atoms with Crippen LogP contribution in [0.3, 0.4) is 0 Å². The summed E-state index contributed by atoms with van der Waals surface area (Å²) in [5.74, 6) is 0. The number of aliphatic hydroxyl groups is 1. The number of rotatable bonds is 3. The first-order chi connectivity index (χ1) is 6.24. The van der Waals surface area contributed by atoms with E-state index in [1.807, 2.05) is 6.92 Å². The Bertz CT molecular complexity index is 196. The summed E-state index contributed by atoms with van der Waals surface area (Å²) in [5.41, 5.74) is -0.513. The summed E-state index contributed by atoms with van der Waals surface area (Å²) in [6, 6.07) is 0. The molecule has 1 N–H and O–H groups in total. The van der Waals surface area contributed by atoms with Gasteiger partial charge in [0.1, 0.15) is 23.9 Å². The molecule has 13 heavy (non-hydrogen) atoms. The molecule has 2 aliphatic rings. The quantitative estimate of drug-likeness (QED) is 0.674. The van der Waals surface area contributed by atoms with Crippen molar-refractivity contribution in [2.45, 2.75) is 37.3 Å². The zero-order valence-corrected chi connectivity index (χ0v) is 8.03. The molecule has 0 aromatic heterocycles. The summed E-state index contributed by atoms with van der Waals surface area (Å²) in [7, 11) is 1.63. The highest BCUT2D eigenvalue weighted by atomic mass is 16.6. The summed E-state index contributed by atoms with van der Waals surface area (Å²) in [5, 5.41) is 9.87. The van der Waals surface area contributed by atoms with Crippen molar-refractivity contribution in [3.05, 3.63) is 0 Å². The monoisotopic (exact) mass is 188 g/mol. The first-order valence-electron chi connectivity index (χ1n) is 4.71. The summed E-state index contributed by atoms with van der Waals surface area (Å²) in [6.07, 6.45) is 0.00704. The van der Waals surface area contributed by atoms with E-state index in [2.05, 4.69) is 0 Å². The van der Waals surface area contributed by atoms with Gasteiger partial charge in [-0.25, -0.2) is 0 Å². The van der Waals surface area contributed by atoms with Crippen LogP contribution >= 0.6 is 0 Å². The molecule has 76 valence electrons. The molecule has 0 amide bonds. The second-order valence-electron chi connectivity index (χ2n) is 3.68. The van der Waals surface area contributed by atoms with Gasteiger partial charge in [0, 0.05) is 7.11 Å². The van der Waals surface area contributed by atoms with Gasteiger partial charge in [0.2, 0.25) is 0 Å². The van der Waals surface area contributed by atoms with Gasteiger partial charge in [0.05, 0.1) is 13.2 Å². The van der Waals surface area contributed by atoms with E-state index in [4.69, 9.17) is 14.2 Å². The van der Waals surface area contributed by atoms with Crippen LogP contribution in [-0.2, 0) is 14.2 Å². The van der Waals surface area contributed by atoms with Crippen LogP contribution in [-0.4, -0.2) is 49.3 Å². The Morgan fingerprint density at radius 1 is 1.62 bits per heavy atom. The van der Waals surface area contributed by atoms with E-state index in [9.17, 15) is 5.11 Å². The smallest absolute Gasteiger partial charge is 0.125 e. The summed E-state index contributed by atoms with van der Waals surface area (Å²) in [6.45, 7) is 3.00. The van der Waals surface area contributed by atoms with E-state index in [-0.39, 0.29) is 12.2 Å². The molecule has 0 unspecified atom stereocenters. The highest BCUT2D eigenvalue weighted by molar-refractivity contribution is 5.08. The lowest BCUT2D eigenvalue weighted by Crippen LogP contribution is -2.48. The number of methoxy groups -OCH3 is 1. The molecule has 0 aromatic rings. The Hall–Kier alpha value is -0.160. The van der Waals surface area contributed by atoms with Crippen molar-refractivity contribution in [1.29, 1.82) is 0 Å². The molecule has 2 saturated heterocycles. The molecule has 0 aromatic carbocycles. The van der Waals surface area contributed by atoms with E-state index in [1.165, 1.54) is 0 Å². The Balaban J connectivity index is 2.16. The highest BCUT2D eigenvalue weighted by Gasteiger charge is 2.61. The number of fused-ring (bicyclic) bond motifs is 2. The fourth-order valence-corrected chi connectivity index (χ4v) is 2.32. The van der Waals surface area contributed by atoms with Crippen LogP contribution in [0.15, 0.2) is 0 Å². The minimum Gasteiger partial charge on any atom is -0.387 e. The zero-order chi connectivity index (χ0) is 9.47. The number of hydrogen-bond donors (Lipinski definition) is 1. The minimum atomic E-state index is -0.513. The van der Waals surface area contributed by atoms with Crippen molar-refractivity contribution in [1.82, 2.24) is 0 Å². The standard InChI is InChI=1S/C9H16O4/c1-3-9-7(5-11-2)13-6(4-12-9)8(9)10/h6-8,10H,3-5H2,1-2H3/t6-,7+,8-,9-/m0/s1. The van der Waals surface area contributed by atoms with Crippen molar-refractivity contribution in [2.75, 3.05) is 20.3 Å². The van der Waals surface area contributed by atoms with Gasteiger partial charge in [0.25, 0.3) is 0 Å². The molecule has 0 radical (unpaired) electrons. The maximum absolute atomic E-state index is 9.87. The van der Waals surface area contributed by atoms with Crippen LogP contribution in [0.4, 0.5) is 0 Å². The molecule has 0 aliphatic carbocycles. The van der Waals surface area contributed by atoms with Gasteiger partial charge in [0.15, 0.2) is 0 Å². The van der Waals surface area contributed by atoms with E-state index in [0.717, 1.165) is 6.42 Å². The van der Waals surface area contributed by atoms with Crippen molar-refractivity contribution >= 4 is 0 Å². The second kappa shape index (κ2) is 3.20. The molecule has 2 bridgehead atoms. The van der Waals surface area contributed by atoms with Gasteiger partial charge in [-0.2, -0.15) is 0 Å². The van der Waals surface area contributed by atoms with Gasteiger partial charge in [-0.3, -0.25) is 0 Å². The summed E-state index contributed by atoms with van der Waals surface area (Å²) >= 11 is 0. The Morgan fingerprint density at radius 3 is 2.92 bits per heavy atom. The Kier molecular flexibility index (Phi) is 2.32. The maximum atomic E-state index is 9.87. The molecule has 2 heterocycles. The topological polar surface area (TPSA) is 47.9 Å². The maximum Gasteiger partial charge on any atom is 0.125 e. The fourth-order valence-electron chi connectivity index (χ4n) is 2.32. The zero-order valence-electron chi connectivity index (χ0n) is 8.03. The van der Waals surface area contributed by atoms with Gasteiger partial charge in [-0.1, -0.05) is 6.92 Å². The van der Waals surface area contributed by atoms with Crippen LogP contribution in [0.2, 0.25) is 0 Å². The van der Waals surface area contributed by atoms with E-state index >= 15 is 0 Å². The molecule has 4 nitrogen and oxygen atoms in total. The molecule has 4 heteroatoms. The third-order valence-electron chi connectivity index (χ3n) is 3.12. The third-order valence-corrected chi connectivity index (χ3v) is 3.12. The van der Waals surface area contributed by atoms with E-state index in [0.29, 0.717) is 13.2 Å². The predicted octanol–water partition coefficient (Wildman–Crippen LogP) is -0.0599. The summed E-state index contributed by atoms with van der Waals surface area (Å²) < 4.78 is 16.3. The lowest BCUT2D eigenvalue weighted by atomic mass is 9.90. The van der Waals surface area contributed by atoms with Crippen molar-refractivity contribution < 1.29 is 19.3 Å². The van der Waals surface area contributed by atoms with Gasteiger partial charge in [-0.15, -0.1) is 0 Å². The average Bonchev–Trinajstić information content (AvgIpc) is 2.59. The molecular weight excluding hydrogens is 172 g/mol. The van der Waals surface area contributed by atoms with Crippen LogP contribution in [0.1, 0.15) is 13.3 Å². The molecule has 0 saturated carbocycles. The van der Waals surface area contributed by atoms with Crippen molar-refractivity contribution in [3.8, 4) is 0 Å². The minimum absolute atomic E-state index is 0.115. The fraction of sp³-hybridized carbons (Fsp3) is 1.00. The van der Waals surface area contributed by atoms with Crippen molar-refractivity contribution in [3.63, 3.8) is 0 Å². The lowest BCUT2D eigenvalue weighted by molar-refractivity contribution is -0.166. The number of hydrogen-bond acceptors (Lipinski definition) is 4. The van der Waals surface area contributed by atoms with Crippen LogP contribution in [0.5, 0.6) is 0 Å². The molecular formula is C9H16O4. The molecule has 4 atom stereocenters. The van der Waals surface area contributed by atoms with Gasteiger partial charge in [-0.05, 0) is 6.42 Å². The van der Waals surface area contributed by atoms with E-state index in [1.54, 1.807) is 7.11 Å². The third kappa shape index (κ3) is 1.13. The second-order valence-corrected chi connectivity index (χ2v) is 3.68. The van der Waals surface area contributed by atoms with Crippen LogP contribution < -0.4 is 0 Å². The predicted molar refractivity (Wildman–Crippen MR) is 45.5 cm³/mol. The molecule has 0 spiro atoms. The Morgan fingerprint density at radius 2 is 2.38 bits per heavy atom. The SMILES string of the molecule is CC[C@]12OC[C@H](O[C@@H]1COC)[C@@H]2O. The van der Waals surface area contributed by atoms with Crippen LogP contribution in [0.25, 0.3) is 0 Å². The van der Waals surface area contributed by atoms with Crippen LogP contribution in [0, 0.1) is 0 Å². The van der Waals surface area contributed by atoms with Gasteiger partial charge >= 0.3 is 0 Å². The first kappa shape index (κ1) is 9.40. The average molecular weight is 188 g/mol. The summed E-state index contributed by atoms with van der Waals surface area (Å²) in [4.78, 5) is 0. The Labute approximate surface area is 77.8 Å². The lowest BCUT2D eigenvalue weighted by Gasteiger charge is -2.33. The highest BCUT2D eigenvalue weighted by Crippen LogP contribution is 2.43. The number of aliphatic hydroxyl groups excluding tert-OH is 1. The van der Waals surface area contributed by atoms with Gasteiger partial charge < -0.3 is 19.3 Å².